The molecule has 1 aliphatic rings. The van der Waals surface area contributed by atoms with Gasteiger partial charge in [-0.1, -0.05) is 16.8 Å². The molecule has 0 spiro atoms. The van der Waals surface area contributed by atoms with E-state index in [9.17, 15) is 14.4 Å². The van der Waals surface area contributed by atoms with Crippen molar-refractivity contribution in [2.45, 2.75) is 39.5 Å². The van der Waals surface area contributed by atoms with Crippen LogP contribution in [0.5, 0.6) is 0 Å². The first-order chi connectivity index (χ1) is 14.7. The number of Topliss-reactive ketones (excluding diaryl/α,β-unsaturated/α-hetero) is 2. The van der Waals surface area contributed by atoms with Crippen molar-refractivity contribution in [3.63, 3.8) is 0 Å². The summed E-state index contributed by atoms with van der Waals surface area (Å²) in [6.07, 6.45) is 3.83. The molecular weight excluding hydrogens is 420 g/mol. The second-order valence-corrected chi connectivity index (χ2v) is 8.14. The fraction of sp³-hybridized carbons (Fsp3) is 0.409. The summed E-state index contributed by atoms with van der Waals surface area (Å²) in [4.78, 5) is 42.3. The molecule has 1 heterocycles. The lowest BCUT2D eigenvalue weighted by molar-refractivity contribution is -0.125. The predicted octanol–water partition coefficient (Wildman–Crippen LogP) is 2.91. The number of hydrogen-bond acceptors (Lipinski definition) is 6. The molecule has 2 aromatic rings. The third kappa shape index (κ3) is 4.85. The zero-order valence-electron chi connectivity index (χ0n) is 17.9. The molecule has 1 aromatic heterocycles. The summed E-state index contributed by atoms with van der Waals surface area (Å²) < 4.78 is 1.66. The van der Waals surface area contributed by atoms with E-state index >= 15 is 0 Å². The number of aryl methyl sites for hydroxylation is 2. The standard InChI is InChI=1S/C22H25ClN4O4/c1-12-7-17(27-11-16(23)10-25-27)8-13(2)19(12)20-18(28)9-15(21(20)29)5-6-24-22(30)14(3)26-31-4/h7-8,10-11,15,20H,5-6,9H2,1-4H3,(H,24,30). The van der Waals surface area contributed by atoms with E-state index in [0.29, 0.717) is 11.4 Å². The van der Waals surface area contributed by atoms with E-state index in [0.717, 1.165) is 22.4 Å². The van der Waals surface area contributed by atoms with Gasteiger partial charge in [0, 0.05) is 25.1 Å². The van der Waals surface area contributed by atoms with E-state index < -0.39 is 11.8 Å². The number of ketones is 2. The fourth-order valence-electron chi connectivity index (χ4n) is 4.05. The highest BCUT2D eigenvalue weighted by atomic mass is 35.5. The Balaban J connectivity index is 1.73. The van der Waals surface area contributed by atoms with Crippen LogP contribution in [0.3, 0.4) is 0 Å². The molecule has 2 atom stereocenters. The number of oxime groups is 1. The quantitative estimate of drug-likeness (QED) is 0.402. The average Bonchev–Trinajstić information content (AvgIpc) is 3.26. The largest absolute Gasteiger partial charge is 0.399 e. The number of nitrogens with zero attached hydrogens (tertiary/aromatic N) is 3. The summed E-state index contributed by atoms with van der Waals surface area (Å²) in [5, 5.41) is 11.0. The summed E-state index contributed by atoms with van der Waals surface area (Å²) in [5.74, 6) is -1.73. The van der Waals surface area contributed by atoms with E-state index in [-0.39, 0.29) is 36.2 Å². The van der Waals surface area contributed by atoms with Gasteiger partial charge in [0.2, 0.25) is 0 Å². The number of hydrogen-bond donors (Lipinski definition) is 1. The van der Waals surface area contributed by atoms with Gasteiger partial charge in [-0.2, -0.15) is 5.10 Å². The molecule has 1 amide bonds. The maximum absolute atomic E-state index is 13.1. The predicted molar refractivity (Wildman–Crippen MR) is 117 cm³/mol. The Bertz CT molecular complexity index is 1040. The molecule has 164 valence electrons. The molecule has 1 aromatic carbocycles. The van der Waals surface area contributed by atoms with Crippen LogP contribution < -0.4 is 5.32 Å². The molecule has 1 aliphatic carbocycles. The number of amides is 1. The topological polar surface area (TPSA) is 103 Å². The molecule has 0 saturated heterocycles. The van der Waals surface area contributed by atoms with Crippen molar-refractivity contribution in [3.8, 4) is 5.69 Å². The van der Waals surface area contributed by atoms with Gasteiger partial charge >= 0.3 is 0 Å². The zero-order valence-corrected chi connectivity index (χ0v) is 18.7. The number of benzene rings is 1. The molecular formula is C22H25ClN4O4. The smallest absolute Gasteiger partial charge is 0.268 e. The van der Waals surface area contributed by atoms with Gasteiger partial charge in [0.25, 0.3) is 5.91 Å². The van der Waals surface area contributed by atoms with Crippen LogP contribution in [0.1, 0.15) is 42.4 Å². The van der Waals surface area contributed by atoms with Crippen molar-refractivity contribution in [3.05, 3.63) is 46.2 Å². The normalized spacial score (nSPS) is 19.1. The molecule has 31 heavy (non-hydrogen) atoms. The number of carbonyl (C=O) groups excluding carboxylic acids is 3. The number of carbonyl (C=O) groups is 3. The van der Waals surface area contributed by atoms with Crippen LogP contribution in [-0.2, 0) is 19.2 Å². The Morgan fingerprint density at radius 1 is 1.32 bits per heavy atom. The first-order valence-electron chi connectivity index (χ1n) is 9.97. The SMILES string of the molecule is CON=C(C)C(=O)NCCC1CC(=O)C(c2c(C)cc(-n3cc(Cl)cn3)cc2C)C1=O. The van der Waals surface area contributed by atoms with E-state index in [4.69, 9.17) is 11.6 Å². The fourth-order valence-corrected chi connectivity index (χ4v) is 4.19. The monoisotopic (exact) mass is 444 g/mol. The Hall–Kier alpha value is -3.00. The van der Waals surface area contributed by atoms with E-state index in [1.807, 2.05) is 26.0 Å². The van der Waals surface area contributed by atoms with Crippen molar-refractivity contribution in [1.29, 1.82) is 0 Å². The van der Waals surface area contributed by atoms with Crippen LogP contribution in [-0.4, -0.2) is 46.6 Å². The molecule has 0 aliphatic heterocycles. The molecule has 0 radical (unpaired) electrons. The summed E-state index contributed by atoms with van der Waals surface area (Å²) in [7, 11) is 1.36. The first-order valence-corrected chi connectivity index (χ1v) is 10.3. The molecule has 8 nitrogen and oxygen atoms in total. The van der Waals surface area contributed by atoms with Crippen LogP contribution in [0.2, 0.25) is 5.02 Å². The Labute approximate surface area is 185 Å². The number of aromatic nitrogens is 2. The van der Waals surface area contributed by atoms with Crippen LogP contribution >= 0.6 is 11.6 Å². The van der Waals surface area contributed by atoms with Crippen molar-refractivity contribution >= 4 is 34.8 Å². The zero-order chi connectivity index (χ0) is 22.7. The van der Waals surface area contributed by atoms with Crippen molar-refractivity contribution in [1.82, 2.24) is 15.1 Å². The van der Waals surface area contributed by atoms with Gasteiger partial charge in [-0.15, -0.1) is 0 Å². The summed E-state index contributed by atoms with van der Waals surface area (Å²) in [5.41, 5.74) is 3.48. The van der Waals surface area contributed by atoms with Crippen LogP contribution in [0.25, 0.3) is 5.69 Å². The van der Waals surface area contributed by atoms with Gasteiger partial charge in [0.1, 0.15) is 24.5 Å². The highest BCUT2D eigenvalue weighted by molar-refractivity contribution is 6.37. The van der Waals surface area contributed by atoms with E-state index in [2.05, 4.69) is 20.4 Å². The van der Waals surface area contributed by atoms with Crippen LogP contribution in [0.15, 0.2) is 29.7 Å². The Kier molecular flexibility index (Phi) is 6.90. The first kappa shape index (κ1) is 22.7. The van der Waals surface area contributed by atoms with Crippen LogP contribution in [0.4, 0.5) is 0 Å². The summed E-state index contributed by atoms with van der Waals surface area (Å²) in [6, 6.07) is 3.80. The highest BCUT2D eigenvalue weighted by Crippen LogP contribution is 2.37. The Morgan fingerprint density at radius 3 is 2.58 bits per heavy atom. The molecule has 1 fully saturated rings. The van der Waals surface area contributed by atoms with Crippen LogP contribution in [0, 0.1) is 19.8 Å². The Morgan fingerprint density at radius 2 is 2.00 bits per heavy atom. The minimum Gasteiger partial charge on any atom is -0.399 e. The summed E-state index contributed by atoms with van der Waals surface area (Å²) >= 11 is 5.96. The minimum atomic E-state index is -0.771. The molecule has 3 rings (SSSR count). The second kappa shape index (κ2) is 9.43. The minimum absolute atomic E-state index is 0.0838. The number of rotatable bonds is 7. The lowest BCUT2D eigenvalue weighted by Gasteiger charge is -2.17. The van der Waals surface area contributed by atoms with E-state index in [1.54, 1.807) is 17.1 Å². The molecule has 2 unspecified atom stereocenters. The second-order valence-electron chi connectivity index (χ2n) is 7.70. The third-order valence-electron chi connectivity index (χ3n) is 5.47. The lowest BCUT2D eigenvalue weighted by atomic mass is 9.87. The highest BCUT2D eigenvalue weighted by Gasteiger charge is 2.42. The van der Waals surface area contributed by atoms with Gasteiger partial charge in [-0.3, -0.25) is 14.4 Å². The van der Waals surface area contributed by atoms with Crippen molar-refractivity contribution in [2.75, 3.05) is 13.7 Å². The van der Waals surface area contributed by atoms with Crippen molar-refractivity contribution in [2.24, 2.45) is 11.1 Å². The number of halogens is 1. The maximum Gasteiger partial charge on any atom is 0.268 e. The lowest BCUT2D eigenvalue weighted by Crippen LogP contribution is -2.31. The van der Waals surface area contributed by atoms with Gasteiger partial charge in [-0.05, 0) is 56.0 Å². The van der Waals surface area contributed by atoms with Gasteiger partial charge in [-0.25, -0.2) is 4.68 Å². The van der Waals surface area contributed by atoms with Gasteiger partial charge in [0.05, 0.1) is 16.9 Å². The van der Waals surface area contributed by atoms with Crippen molar-refractivity contribution < 1.29 is 19.2 Å². The molecule has 1 N–H and O–H groups in total. The van der Waals surface area contributed by atoms with Gasteiger partial charge in [0.15, 0.2) is 5.78 Å². The molecule has 0 bridgehead atoms. The number of nitrogens with one attached hydrogen (secondary N) is 1. The van der Waals surface area contributed by atoms with Gasteiger partial charge < -0.3 is 10.2 Å². The molecule has 9 heteroatoms. The maximum atomic E-state index is 13.1. The third-order valence-corrected chi connectivity index (χ3v) is 5.67. The van der Waals surface area contributed by atoms with E-state index in [1.165, 1.54) is 14.0 Å². The summed E-state index contributed by atoms with van der Waals surface area (Å²) in [6.45, 7) is 5.60. The average molecular weight is 445 g/mol. The molecule has 1 saturated carbocycles.